The topological polar surface area (TPSA) is 68.9 Å². The van der Waals surface area contributed by atoms with Crippen LogP contribution in [0.15, 0.2) is 182 Å². The Labute approximate surface area is 295 Å². The number of benzene rings is 5. The third-order valence-corrected chi connectivity index (χ3v) is 8.93. The van der Waals surface area contributed by atoms with Gasteiger partial charge in [-0.1, -0.05) is 121 Å². The van der Waals surface area contributed by atoms with Gasteiger partial charge < -0.3 is 0 Å². The summed E-state index contributed by atoms with van der Waals surface area (Å²) in [7, 11) is 0. The standard InChI is InChI=1S/C45H30N6/c1-4-14-31(15-5-1)41-42(51-25-11-10-23-40(51)47-41)35-21-12-20-34(26-35)37-27-38(36-22-13-24-46-30-36)29-39(28-37)45-49-43(32-16-6-2-7-17-32)48-44(50-45)33-18-8-3-9-19-33/h1-30H. The zero-order chi connectivity index (χ0) is 34.0. The summed E-state index contributed by atoms with van der Waals surface area (Å²) in [5, 5.41) is 0. The lowest BCUT2D eigenvalue weighted by molar-refractivity contribution is 1.07. The molecule has 4 heterocycles. The van der Waals surface area contributed by atoms with Crippen LogP contribution in [-0.2, 0) is 0 Å². The van der Waals surface area contributed by atoms with Crippen molar-refractivity contribution in [3.05, 3.63) is 182 Å². The Morgan fingerprint density at radius 1 is 0.353 bits per heavy atom. The van der Waals surface area contributed by atoms with Gasteiger partial charge in [-0.2, -0.15) is 0 Å². The van der Waals surface area contributed by atoms with E-state index >= 15 is 0 Å². The van der Waals surface area contributed by atoms with Gasteiger partial charge in [0.25, 0.3) is 0 Å². The second kappa shape index (κ2) is 13.1. The van der Waals surface area contributed by atoms with E-state index in [-0.39, 0.29) is 0 Å². The molecule has 0 radical (unpaired) electrons. The fourth-order valence-corrected chi connectivity index (χ4v) is 6.48. The van der Waals surface area contributed by atoms with Crippen LogP contribution in [0.25, 0.3) is 84.6 Å². The monoisotopic (exact) mass is 654 g/mol. The number of rotatable bonds is 7. The molecule has 0 spiro atoms. The van der Waals surface area contributed by atoms with Crippen molar-refractivity contribution in [3.8, 4) is 78.9 Å². The highest BCUT2D eigenvalue weighted by Gasteiger charge is 2.18. The number of fused-ring (bicyclic) bond motifs is 1. The van der Waals surface area contributed by atoms with Crippen molar-refractivity contribution in [2.75, 3.05) is 0 Å². The lowest BCUT2D eigenvalue weighted by Gasteiger charge is -2.13. The van der Waals surface area contributed by atoms with E-state index in [1.807, 2.05) is 97.2 Å². The number of nitrogens with zero attached hydrogens (tertiary/aromatic N) is 6. The summed E-state index contributed by atoms with van der Waals surface area (Å²) in [5.74, 6) is 1.84. The number of hydrogen-bond donors (Lipinski definition) is 0. The summed E-state index contributed by atoms with van der Waals surface area (Å²) in [6.07, 6.45) is 5.76. The van der Waals surface area contributed by atoms with Gasteiger partial charge in [0.05, 0.1) is 11.4 Å². The predicted octanol–water partition coefficient (Wildman–Crippen LogP) is 10.6. The van der Waals surface area contributed by atoms with Gasteiger partial charge in [-0.3, -0.25) is 9.38 Å². The molecule has 0 aliphatic heterocycles. The van der Waals surface area contributed by atoms with E-state index in [9.17, 15) is 0 Å². The van der Waals surface area contributed by atoms with E-state index in [1.165, 1.54) is 0 Å². The molecule has 9 rings (SSSR count). The molecule has 0 saturated heterocycles. The Morgan fingerprint density at radius 2 is 0.863 bits per heavy atom. The number of hydrogen-bond acceptors (Lipinski definition) is 5. The molecular formula is C45H30N6. The van der Waals surface area contributed by atoms with E-state index < -0.39 is 0 Å². The Bertz CT molecular complexity index is 2560. The molecule has 240 valence electrons. The summed E-state index contributed by atoms with van der Waals surface area (Å²) in [5.41, 5.74) is 11.9. The molecule has 0 aliphatic carbocycles. The van der Waals surface area contributed by atoms with Crippen molar-refractivity contribution in [2.24, 2.45) is 0 Å². The third-order valence-electron chi connectivity index (χ3n) is 8.93. The molecule has 0 unspecified atom stereocenters. The van der Waals surface area contributed by atoms with Crippen LogP contribution in [0.3, 0.4) is 0 Å². The van der Waals surface area contributed by atoms with Crippen molar-refractivity contribution in [1.82, 2.24) is 29.3 Å². The van der Waals surface area contributed by atoms with Gasteiger partial charge in [-0.15, -0.1) is 0 Å². The van der Waals surface area contributed by atoms with E-state index in [0.717, 1.165) is 67.1 Å². The van der Waals surface area contributed by atoms with Gasteiger partial charge in [0.15, 0.2) is 17.5 Å². The van der Waals surface area contributed by atoms with Gasteiger partial charge in [0.1, 0.15) is 5.65 Å². The first-order chi connectivity index (χ1) is 25.3. The first-order valence-corrected chi connectivity index (χ1v) is 16.8. The van der Waals surface area contributed by atoms with Crippen LogP contribution in [0, 0.1) is 0 Å². The molecule has 9 aromatic rings. The number of aromatic nitrogens is 6. The largest absolute Gasteiger partial charge is 0.299 e. The van der Waals surface area contributed by atoms with Crippen molar-refractivity contribution in [3.63, 3.8) is 0 Å². The average molecular weight is 655 g/mol. The zero-order valence-corrected chi connectivity index (χ0v) is 27.5. The maximum Gasteiger partial charge on any atom is 0.164 e. The molecule has 6 heteroatoms. The first-order valence-electron chi connectivity index (χ1n) is 16.8. The smallest absolute Gasteiger partial charge is 0.164 e. The lowest BCUT2D eigenvalue weighted by Crippen LogP contribution is -2.00. The summed E-state index contributed by atoms with van der Waals surface area (Å²) >= 11 is 0. The highest BCUT2D eigenvalue weighted by atomic mass is 15.0. The molecule has 0 amide bonds. The van der Waals surface area contributed by atoms with Gasteiger partial charge in [0.2, 0.25) is 0 Å². The first kappa shape index (κ1) is 30.0. The molecule has 0 fully saturated rings. The molecule has 0 aliphatic rings. The van der Waals surface area contributed by atoms with Crippen LogP contribution in [0.1, 0.15) is 0 Å². The number of imidazole rings is 1. The fraction of sp³-hybridized carbons (Fsp3) is 0. The van der Waals surface area contributed by atoms with Crippen molar-refractivity contribution in [1.29, 1.82) is 0 Å². The van der Waals surface area contributed by atoms with Crippen LogP contribution in [-0.4, -0.2) is 29.3 Å². The molecule has 0 saturated carbocycles. The summed E-state index contributed by atoms with van der Waals surface area (Å²) < 4.78 is 2.17. The van der Waals surface area contributed by atoms with Gasteiger partial charge in [-0.05, 0) is 59.2 Å². The Morgan fingerprint density at radius 3 is 1.51 bits per heavy atom. The van der Waals surface area contributed by atoms with Crippen LogP contribution in [0.4, 0.5) is 0 Å². The van der Waals surface area contributed by atoms with Crippen molar-refractivity contribution < 1.29 is 0 Å². The highest BCUT2D eigenvalue weighted by Crippen LogP contribution is 2.37. The fourth-order valence-electron chi connectivity index (χ4n) is 6.48. The Kier molecular flexibility index (Phi) is 7.72. The summed E-state index contributed by atoms with van der Waals surface area (Å²) in [6.45, 7) is 0. The second-order valence-corrected chi connectivity index (χ2v) is 12.3. The molecule has 0 N–H and O–H groups in total. The van der Waals surface area contributed by atoms with Crippen LogP contribution in [0.5, 0.6) is 0 Å². The highest BCUT2D eigenvalue weighted by molar-refractivity contribution is 5.86. The van der Waals surface area contributed by atoms with Crippen molar-refractivity contribution >= 4 is 5.65 Å². The minimum Gasteiger partial charge on any atom is -0.299 e. The van der Waals surface area contributed by atoms with Crippen LogP contribution < -0.4 is 0 Å². The third kappa shape index (κ3) is 5.96. The van der Waals surface area contributed by atoms with Gasteiger partial charge in [0, 0.05) is 52.0 Å². The molecular weight excluding hydrogens is 625 g/mol. The zero-order valence-electron chi connectivity index (χ0n) is 27.5. The van der Waals surface area contributed by atoms with E-state index in [1.54, 1.807) is 6.20 Å². The van der Waals surface area contributed by atoms with Gasteiger partial charge >= 0.3 is 0 Å². The molecule has 5 aromatic carbocycles. The average Bonchev–Trinajstić information content (AvgIpc) is 3.62. The normalized spacial score (nSPS) is 11.1. The van der Waals surface area contributed by atoms with E-state index in [0.29, 0.717) is 17.5 Å². The maximum absolute atomic E-state index is 5.07. The predicted molar refractivity (Wildman–Crippen MR) is 204 cm³/mol. The Balaban J connectivity index is 1.24. The molecule has 6 nitrogen and oxygen atoms in total. The lowest BCUT2D eigenvalue weighted by atomic mass is 9.94. The quantitative estimate of drug-likeness (QED) is 0.171. The Hall–Kier alpha value is -7.05. The SMILES string of the molecule is c1ccc(-c2nc(-c3ccccc3)nc(-c3cc(-c4cccnc4)cc(-c4cccc(-c5c(-c6ccccc6)nc6ccccn56)c4)c3)n2)cc1. The van der Waals surface area contributed by atoms with Crippen LogP contribution in [0.2, 0.25) is 0 Å². The van der Waals surface area contributed by atoms with E-state index in [2.05, 4.69) is 88.4 Å². The van der Waals surface area contributed by atoms with Gasteiger partial charge in [-0.25, -0.2) is 19.9 Å². The molecule has 0 atom stereocenters. The van der Waals surface area contributed by atoms with Crippen molar-refractivity contribution in [2.45, 2.75) is 0 Å². The maximum atomic E-state index is 5.07. The minimum atomic E-state index is 0.596. The molecule has 4 aromatic heterocycles. The molecule has 0 bridgehead atoms. The van der Waals surface area contributed by atoms with Crippen LogP contribution >= 0.6 is 0 Å². The molecule has 51 heavy (non-hydrogen) atoms. The second-order valence-electron chi connectivity index (χ2n) is 12.3. The van der Waals surface area contributed by atoms with E-state index in [4.69, 9.17) is 19.9 Å². The summed E-state index contributed by atoms with van der Waals surface area (Å²) in [4.78, 5) is 24.5. The number of pyridine rings is 2. The minimum absolute atomic E-state index is 0.596. The summed E-state index contributed by atoms with van der Waals surface area (Å²) in [6, 6.07) is 55.8.